The molecule has 1 unspecified atom stereocenters. The van der Waals surface area contributed by atoms with Crippen LogP contribution in [-0.4, -0.2) is 66.0 Å². The number of aliphatic hydroxyl groups is 1. The van der Waals surface area contributed by atoms with E-state index in [0.29, 0.717) is 12.1 Å². The summed E-state index contributed by atoms with van der Waals surface area (Å²) in [6.45, 7) is 8.39. The molecule has 7 heteroatoms. The van der Waals surface area contributed by atoms with Gasteiger partial charge in [-0.05, 0) is 43.3 Å². The highest BCUT2D eigenvalue weighted by atomic mass is 32.1. The van der Waals surface area contributed by atoms with Crippen molar-refractivity contribution < 1.29 is 19.4 Å². The van der Waals surface area contributed by atoms with Crippen molar-refractivity contribution in [2.24, 2.45) is 0 Å². The number of ketones is 1. The minimum atomic E-state index is -0.608. The van der Waals surface area contributed by atoms with Crippen molar-refractivity contribution in [2.75, 3.05) is 39.4 Å². The molecule has 0 saturated carbocycles. The molecule has 4 rings (SSSR count). The third-order valence-electron chi connectivity index (χ3n) is 5.98. The maximum absolute atomic E-state index is 13.1. The summed E-state index contributed by atoms with van der Waals surface area (Å²) >= 11 is 1.49. The van der Waals surface area contributed by atoms with E-state index in [4.69, 9.17) is 4.74 Å². The van der Waals surface area contributed by atoms with Crippen molar-refractivity contribution in [1.29, 1.82) is 0 Å². The molecule has 2 aromatic rings. The SMILES string of the molecule is Cc1ccc(C)c(/C(O)=C2\C(=O)C(=O)N(CCCN3CCOCC3)C2c2cccs2)c1. The van der Waals surface area contributed by atoms with Gasteiger partial charge < -0.3 is 14.7 Å². The quantitative estimate of drug-likeness (QED) is 0.423. The van der Waals surface area contributed by atoms with Crippen LogP contribution in [0.3, 0.4) is 0 Å². The van der Waals surface area contributed by atoms with Gasteiger partial charge in [0.15, 0.2) is 0 Å². The first kappa shape index (κ1) is 21.7. The number of hydrogen-bond donors (Lipinski definition) is 1. The zero-order chi connectivity index (χ0) is 22.0. The third-order valence-corrected chi connectivity index (χ3v) is 6.90. The number of carbonyl (C=O) groups is 2. The zero-order valence-electron chi connectivity index (χ0n) is 18.0. The molecule has 1 atom stereocenters. The lowest BCUT2D eigenvalue weighted by atomic mass is 9.96. The van der Waals surface area contributed by atoms with E-state index in [1.165, 1.54) is 11.3 Å². The van der Waals surface area contributed by atoms with Crippen LogP contribution in [0.5, 0.6) is 0 Å². The van der Waals surface area contributed by atoms with E-state index < -0.39 is 17.7 Å². The Labute approximate surface area is 186 Å². The molecule has 2 saturated heterocycles. The van der Waals surface area contributed by atoms with E-state index in [-0.39, 0.29) is 11.3 Å². The Kier molecular flexibility index (Phi) is 6.55. The predicted octanol–water partition coefficient (Wildman–Crippen LogP) is 3.51. The zero-order valence-corrected chi connectivity index (χ0v) is 18.8. The second-order valence-corrected chi connectivity index (χ2v) is 9.11. The fraction of sp³-hybridized carbons (Fsp3) is 0.417. The molecule has 2 aliphatic heterocycles. The molecule has 0 spiro atoms. The summed E-state index contributed by atoms with van der Waals surface area (Å²) in [6, 6.07) is 9.03. The van der Waals surface area contributed by atoms with E-state index in [2.05, 4.69) is 4.90 Å². The molecular formula is C24H28N2O4S. The number of likely N-dealkylation sites (tertiary alicyclic amines) is 1. The second kappa shape index (κ2) is 9.34. The summed E-state index contributed by atoms with van der Waals surface area (Å²) < 4.78 is 5.39. The Hall–Kier alpha value is -2.48. The van der Waals surface area contributed by atoms with E-state index >= 15 is 0 Å². The van der Waals surface area contributed by atoms with Crippen molar-refractivity contribution >= 4 is 28.8 Å². The Morgan fingerprint density at radius 3 is 2.65 bits per heavy atom. The van der Waals surface area contributed by atoms with Gasteiger partial charge in [0.2, 0.25) is 0 Å². The summed E-state index contributed by atoms with van der Waals surface area (Å²) in [5.74, 6) is -1.23. The summed E-state index contributed by atoms with van der Waals surface area (Å²) in [5.41, 5.74) is 2.64. The second-order valence-electron chi connectivity index (χ2n) is 8.13. The van der Waals surface area contributed by atoms with E-state index in [1.54, 1.807) is 4.90 Å². The number of ether oxygens (including phenoxy) is 1. The van der Waals surface area contributed by atoms with Gasteiger partial charge in [0.25, 0.3) is 11.7 Å². The molecule has 0 bridgehead atoms. The number of thiophene rings is 1. The Morgan fingerprint density at radius 1 is 1.16 bits per heavy atom. The van der Waals surface area contributed by atoms with Gasteiger partial charge in [0, 0.05) is 36.6 Å². The number of benzene rings is 1. The van der Waals surface area contributed by atoms with Gasteiger partial charge in [-0.1, -0.05) is 23.8 Å². The van der Waals surface area contributed by atoms with Crippen LogP contribution in [0.2, 0.25) is 0 Å². The minimum Gasteiger partial charge on any atom is -0.507 e. The van der Waals surface area contributed by atoms with Crippen LogP contribution >= 0.6 is 11.3 Å². The maximum Gasteiger partial charge on any atom is 0.295 e. The summed E-state index contributed by atoms with van der Waals surface area (Å²) in [6.07, 6.45) is 0.762. The molecule has 6 nitrogen and oxygen atoms in total. The average Bonchev–Trinajstić information content (AvgIpc) is 3.38. The predicted molar refractivity (Wildman–Crippen MR) is 121 cm³/mol. The monoisotopic (exact) mass is 440 g/mol. The molecule has 0 aliphatic carbocycles. The number of morpholine rings is 1. The van der Waals surface area contributed by atoms with E-state index in [1.807, 2.05) is 49.6 Å². The van der Waals surface area contributed by atoms with Crippen molar-refractivity contribution in [3.8, 4) is 0 Å². The highest BCUT2D eigenvalue weighted by molar-refractivity contribution is 7.10. The summed E-state index contributed by atoms with van der Waals surface area (Å²) in [4.78, 5) is 30.9. The molecule has 1 aromatic carbocycles. The number of carbonyl (C=O) groups excluding carboxylic acids is 2. The van der Waals surface area contributed by atoms with Gasteiger partial charge >= 0.3 is 0 Å². The molecule has 2 aliphatic rings. The first-order valence-electron chi connectivity index (χ1n) is 10.7. The Bertz CT molecular complexity index is 993. The molecule has 2 fully saturated rings. The topological polar surface area (TPSA) is 70.1 Å². The first-order valence-corrected chi connectivity index (χ1v) is 11.5. The fourth-order valence-electron chi connectivity index (χ4n) is 4.28. The number of hydrogen-bond acceptors (Lipinski definition) is 6. The van der Waals surface area contributed by atoms with Crippen molar-refractivity contribution in [1.82, 2.24) is 9.80 Å². The number of aryl methyl sites for hydroxylation is 2. The van der Waals surface area contributed by atoms with Gasteiger partial charge in [-0.25, -0.2) is 0 Å². The lowest BCUT2D eigenvalue weighted by Crippen LogP contribution is -2.38. The van der Waals surface area contributed by atoms with Crippen LogP contribution in [0, 0.1) is 13.8 Å². The van der Waals surface area contributed by atoms with Crippen LogP contribution in [-0.2, 0) is 14.3 Å². The highest BCUT2D eigenvalue weighted by Gasteiger charge is 2.46. The van der Waals surface area contributed by atoms with E-state index in [9.17, 15) is 14.7 Å². The summed E-state index contributed by atoms with van der Waals surface area (Å²) in [5, 5.41) is 13.1. The number of rotatable bonds is 6. The Morgan fingerprint density at radius 2 is 1.94 bits per heavy atom. The first-order chi connectivity index (χ1) is 15.0. The number of aliphatic hydroxyl groups excluding tert-OH is 1. The van der Waals surface area contributed by atoms with Gasteiger partial charge in [0.1, 0.15) is 5.76 Å². The van der Waals surface area contributed by atoms with Gasteiger partial charge in [-0.2, -0.15) is 0 Å². The van der Waals surface area contributed by atoms with Crippen molar-refractivity contribution in [3.63, 3.8) is 0 Å². The largest absolute Gasteiger partial charge is 0.507 e. The molecule has 164 valence electrons. The molecule has 1 aromatic heterocycles. The van der Waals surface area contributed by atoms with Gasteiger partial charge in [0.05, 0.1) is 24.8 Å². The summed E-state index contributed by atoms with van der Waals surface area (Å²) in [7, 11) is 0. The van der Waals surface area contributed by atoms with Crippen LogP contribution in [0.15, 0.2) is 41.3 Å². The van der Waals surface area contributed by atoms with Crippen LogP contribution in [0.25, 0.3) is 5.76 Å². The number of nitrogens with zero attached hydrogens (tertiary/aromatic N) is 2. The highest BCUT2D eigenvalue weighted by Crippen LogP contribution is 2.41. The van der Waals surface area contributed by atoms with Crippen LogP contribution < -0.4 is 0 Å². The number of amides is 1. The Balaban J connectivity index is 1.65. The molecular weight excluding hydrogens is 412 g/mol. The molecule has 1 amide bonds. The lowest BCUT2D eigenvalue weighted by molar-refractivity contribution is -0.140. The molecule has 3 heterocycles. The lowest BCUT2D eigenvalue weighted by Gasteiger charge is -2.28. The maximum atomic E-state index is 13.1. The van der Waals surface area contributed by atoms with Gasteiger partial charge in [-0.3, -0.25) is 14.5 Å². The molecule has 1 N–H and O–H groups in total. The van der Waals surface area contributed by atoms with Gasteiger partial charge in [-0.15, -0.1) is 11.3 Å². The normalized spacial score (nSPS) is 21.7. The average molecular weight is 441 g/mol. The molecule has 0 radical (unpaired) electrons. The minimum absolute atomic E-state index is 0.0892. The van der Waals surface area contributed by atoms with E-state index in [0.717, 1.165) is 55.3 Å². The number of Topliss-reactive ketones (excluding diaryl/α,β-unsaturated/α-hetero) is 1. The van der Waals surface area contributed by atoms with Crippen LogP contribution in [0.4, 0.5) is 0 Å². The van der Waals surface area contributed by atoms with Crippen LogP contribution in [0.1, 0.15) is 34.0 Å². The molecule has 31 heavy (non-hydrogen) atoms. The van der Waals surface area contributed by atoms with Crippen molar-refractivity contribution in [3.05, 3.63) is 62.9 Å². The van der Waals surface area contributed by atoms with Crippen molar-refractivity contribution in [2.45, 2.75) is 26.3 Å². The standard InChI is InChI=1S/C24H28N2O4S/c1-16-6-7-17(2)18(15-16)22(27)20-21(19-5-3-14-31-19)26(24(29)23(20)28)9-4-8-25-10-12-30-13-11-25/h3,5-7,14-15,21,27H,4,8-13H2,1-2H3/b22-20+. The third kappa shape index (κ3) is 4.44. The fourth-order valence-corrected chi connectivity index (χ4v) is 5.12. The smallest absolute Gasteiger partial charge is 0.295 e.